The first-order valence-electron chi connectivity index (χ1n) is 8.23. The number of rotatable bonds is 5. The monoisotopic (exact) mass is 355 g/mol. The van der Waals surface area contributed by atoms with E-state index < -0.39 is 0 Å². The van der Waals surface area contributed by atoms with E-state index in [0.717, 1.165) is 27.8 Å². The van der Waals surface area contributed by atoms with Gasteiger partial charge in [0.25, 0.3) is 0 Å². The number of carbonyl (C=O) groups is 1. The minimum Gasteiger partial charge on any atom is -0.350 e. The standard InChI is InChI=1S/C17H22ClNOS2/c18-15-2-1-14(22-15)9-21-10-16(20)19-17-6-11-3-12(7-17)5-13(4-11)8-17/h1-2,11-13H,3-10H2,(H,19,20). The minimum atomic E-state index is 0.151. The average molecular weight is 356 g/mol. The van der Waals surface area contributed by atoms with Crippen molar-refractivity contribution in [2.45, 2.75) is 49.8 Å². The highest BCUT2D eigenvalue weighted by Gasteiger charge is 2.51. The molecule has 1 amide bonds. The summed E-state index contributed by atoms with van der Waals surface area (Å²) in [6.07, 6.45) is 7.96. The van der Waals surface area contributed by atoms with Gasteiger partial charge in [-0.1, -0.05) is 11.6 Å². The molecule has 0 saturated heterocycles. The third kappa shape index (κ3) is 3.20. The zero-order valence-electron chi connectivity index (χ0n) is 12.6. The van der Waals surface area contributed by atoms with Crippen molar-refractivity contribution >= 4 is 40.6 Å². The van der Waals surface area contributed by atoms with Gasteiger partial charge in [0.2, 0.25) is 5.91 Å². The van der Waals surface area contributed by atoms with E-state index in [-0.39, 0.29) is 11.4 Å². The lowest BCUT2D eigenvalue weighted by molar-refractivity contribution is -0.124. The van der Waals surface area contributed by atoms with Crippen molar-refractivity contribution in [3.05, 3.63) is 21.3 Å². The Bertz CT molecular complexity index is 535. The zero-order valence-corrected chi connectivity index (χ0v) is 15.0. The molecule has 1 heterocycles. The van der Waals surface area contributed by atoms with Crippen LogP contribution in [0, 0.1) is 17.8 Å². The third-order valence-electron chi connectivity index (χ3n) is 5.55. The molecule has 0 radical (unpaired) electrons. The predicted molar refractivity (Wildman–Crippen MR) is 94.5 cm³/mol. The van der Waals surface area contributed by atoms with Crippen molar-refractivity contribution in [1.82, 2.24) is 5.32 Å². The summed E-state index contributed by atoms with van der Waals surface area (Å²) in [4.78, 5) is 13.6. The van der Waals surface area contributed by atoms with E-state index in [4.69, 9.17) is 11.6 Å². The number of hydrogen-bond acceptors (Lipinski definition) is 3. The topological polar surface area (TPSA) is 29.1 Å². The van der Waals surface area contributed by atoms with Crippen LogP contribution in [0.2, 0.25) is 4.34 Å². The van der Waals surface area contributed by atoms with E-state index in [0.29, 0.717) is 5.75 Å². The van der Waals surface area contributed by atoms with Crippen LogP contribution in [0.15, 0.2) is 12.1 Å². The number of halogens is 1. The summed E-state index contributed by atoms with van der Waals surface area (Å²) in [6.45, 7) is 0. The molecule has 1 aromatic rings. The van der Waals surface area contributed by atoms with Gasteiger partial charge in [-0.15, -0.1) is 23.1 Å². The van der Waals surface area contributed by atoms with Gasteiger partial charge in [0, 0.05) is 16.2 Å². The van der Waals surface area contributed by atoms with E-state index in [9.17, 15) is 4.79 Å². The maximum atomic E-state index is 12.4. The molecule has 0 aliphatic heterocycles. The van der Waals surface area contributed by atoms with Crippen LogP contribution < -0.4 is 5.32 Å². The number of thioether (sulfide) groups is 1. The fraction of sp³-hybridized carbons (Fsp3) is 0.706. The van der Waals surface area contributed by atoms with Gasteiger partial charge in [-0.2, -0.15) is 0 Å². The highest BCUT2D eigenvalue weighted by atomic mass is 35.5. The summed E-state index contributed by atoms with van der Waals surface area (Å²) < 4.78 is 0.827. The quantitative estimate of drug-likeness (QED) is 0.828. The predicted octanol–water partition coefficient (Wildman–Crippen LogP) is 4.72. The zero-order chi connectivity index (χ0) is 15.2. The van der Waals surface area contributed by atoms with Crippen LogP contribution in [0.3, 0.4) is 0 Å². The second-order valence-electron chi connectivity index (χ2n) is 7.44. The Morgan fingerprint density at radius 2 is 1.86 bits per heavy atom. The Balaban J connectivity index is 1.29. The summed E-state index contributed by atoms with van der Waals surface area (Å²) in [5, 5.41) is 3.43. The molecule has 5 heteroatoms. The van der Waals surface area contributed by atoms with Crippen LogP contribution >= 0.6 is 34.7 Å². The van der Waals surface area contributed by atoms with Gasteiger partial charge in [0.1, 0.15) is 0 Å². The van der Waals surface area contributed by atoms with E-state index in [1.165, 1.54) is 43.4 Å². The first-order chi connectivity index (χ1) is 10.6. The molecule has 22 heavy (non-hydrogen) atoms. The van der Waals surface area contributed by atoms with Crippen LogP contribution in [0.1, 0.15) is 43.4 Å². The SMILES string of the molecule is O=C(CSCc1ccc(Cl)s1)NC12CC3CC(CC(C3)C1)C2. The first kappa shape index (κ1) is 15.3. The molecule has 4 saturated carbocycles. The fourth-order valence-electron chi connectivity index (χ4n) is 5.27. The van der Waals surface area contributed by atoms with E-state index >= 15 is 0 Å². The Morgan fingerprint density at radius 1 is 1.23 bits per heavy atom. The second kappa shape index (κ2) is 6.03. The largest absolute Gasteiger partial charge is 0.350 e. The summed E-state index contributed by atoms with van der Waals surface area (Å²) in [7, 11) is 0. The lowest BCUT2D eigenvalue weighted by Gasteiger charge is -2.56. The molecule has 0 atom stereocenters. The molecule has 0 aromatic carbocycles. The van der Waals surface area contributed by atoms with Crippen LogP contribution in [0.4, 0.5) is 0 Å². The summed E-state index contributed by atoms with van der Waals surface area (Å²) in [6, 6.07) is 3.98. The second-order valence-corrected chi connectivity index (χ2v) is 10.2. The average Bonchev–Trinajstić information content (AvgIpc) is 2.82. The molecule has 5 rings (SSSR count). The molecule has 2 nitrogen and oxygen atoms in total. The molecule has 1 aromatic heterocycles. The van der Waals surface area contributed by atoms with E-state index in [1.807, 2.05) is 6.07 Å². The maximum Gasteiger partial charge on any atom is 0.230 e. The lowest BCUT2D eigenvalue weighted by atomic mass is 9.53. The summed E-state index contributed by atoms with van der Waals surface area (Å²) in [5.41, 5.74) is 0.151. The molecule has 120 valence electrons. The smallest absolute Gasteiger partial charge is 0.230 e. The van der Waals surface area contributed by atoms with Gasteiger partial charge in [-0.25, -0.2) is 0 Å². The molecule has 4 fully saturated rings. The van der Waals surface area contributed by atoms with Crippen molar-refractivity contribution in [3.63, 3.8) is 0 Å². The van der Waals surface area contributed by atoms with Gasteiger partial charge < -0.3 is 5.32 Å². The van der Waals surface area contributed by atoms with Crippen molar-refractivity contribution in [2.24, 2.45) is 17.8 Å². The van der Waals surface area contributed by atoms with Gasteiger partial charge in [0.15, 0.2) is 0 Å². The molecule has 4 aliphatic rings. The van der Waals surface area contributed by atoms with Crippen molar-refractivity contribution in [3.8, 4) is 0 Å². The number of hydrogen-bond donors (Lipinski definition) is 1. The maximum absolute atomic E-state index is 12.4. The van der Waals surface area contributed by atoms with Crippen LogP contribution in [-0.2, 0) is 10.5 Å². The number of carbonyl (C=O) groups excluding carboxylic acids is 1. The Hall–Kier alpha value is -0.190. The minimum absolute atomic E-state index is 0.151. The van der Waals surface area contributed by atoms with Crippen LogP contribution in [0.5, 0.6) is 0 Å². The van der Waals surface area contributed by atoms with Crippen LogP contribution in [0.25, 0.3) is 0 Å². The van der Waals surface area contributed by atoms with Crippen molar-refractivity contribution < 1.29 is 4.79 Å². The van der Waals surface area contributed by atoms with Crippen molar-refractivity contribution in [2.75, 3.05) is 5.75 Å². The number of nitrogens with one attached hydrogen (secondary N) is 1. The normalized spacial score (nSPS) is 35.8. The molecule has 4 aliphatic carbocycles. The van der Waals surface area contributed by atoms with E-state index in [1.54, 1.807) is 23.1 Å². The molecule has 0 unspecified atom stereocenters. The first-order valence-corrected chi connectivity index (χ1v) is 10.6. The Labute approximate surface area is 145 Å². The Kier molecular flexibility index (Phi) is 4.20. The van der Waals surface area contributed by atoms with Gasteiger partial charge in [-0.05, 0) is 68.4 Å². The summed E-state index contributed by atoms with van der Waals surface area (Å²) >= 11 is 9.24. The van der Waals surface area contributed by atoms with Crippen molar-refractivity contribution in [1.29, 1.82) is 0 Å². The highest BCUT2D eigenvalue weighted by molar-refractivity contribution is 7.99. The van der Waals surface area contributed by atoms with Gasteiger partial charge in [-0.3, -0.25) is 4.79 Å². The van der Waals surface area contributed by atoms with Gasteiger partial charge >= 0.3 is 0 Å². The fourth-order valence-corrected chi connectivity index (χ4v) is 7.29. The van der Waals surface area contributed by atoms with E-state index in [2.05, 4.69) is 11.4 Å². The van der Waals surface area contributed by atoms with Crippen LogP contribution in [-0.4, -0.2) is 17.2 Å². The molecular formula is C17H22ClNOS2. The molecule has 1 N–H and O–H groups in total. The summed E-state index contributed by atoms with van der Waals surface area (Å²) in [5.74, 6) is 4.32. The molecule has 4 bridgehead atoms. The number of amides is 1. The third-order valence-corrected chi connectivity index (χ3v) is 7.94. The lowest BCUT2D eigenvalue weighted by Crippen LogP contribution is -2.60. The Morgan fingerprint density at radius 3 is 2.41 bits per heavy atom. The molecule has 0 spiro atoms. The molecular weight excluding hydrogens is 334 g/mol. The number of thiophene rings is 1. The highest BCUT2D eigenvalue weighted by Crippen LogP contribution is 2.55. The van der Waals surface area contributed by atoms with Gasteiger partial charge in [0.05, 0.1) is 10.1 Å².